The zero-order valence-corrected chi connectivity index (χ0v) is 10.4. The number of amides is 1. The van der Waals surface area contributed by atoms with Gasteiger partial charge in [0.2, 0.25) is 5.91 Å². The molecule has 1 fully saturated rings. The molecule has 0 radical (unpaired) electrons. The molecule has 0 spiro atoms. The summed E-state index contributed by atoms with van der Waals surface area (Å²) < 4.78 is 0. The fraction of sp³-hybridized carbons (Fsp3) is 0.917. The minimum absolute atomic E-state index is 0.0118. The van der Waals surface area contributed by atoms with E-state index in [0.717, 1.165) is 13.0 Å². The van der Waals surface area contributed by atoms with Gasteiger partial charge in [-0.3, -0.25) is 4.79 Å². The zero-order valence-electron chi connectivity index (χ0n) is 10.4. The van der Waals surface area contributed by atoms with Crippen molar-refractivity contribution in [3.63, 3.8) is 0 Å². The van der Waals surface area contributed by atoms with Crippen LogP contribution in [0.4, 0.5) is 0 Å². The lowest BCUT2D eigenvalue weighted by molar-refractivity contribution is -0.124. The number of nitrogens with two attached hydrogens (primary N) is 1. The molecule has 1 aliphatic rings. The average molecular weight is 212 g/mol. The molecule has 0 saturated heterocycles. The van der Waals surface area contributed by atoms with E-state index in [1.807, 2.05) is 20.8 Å². The summed E-state index contributed by atoms with van der Waals surface area (Å²) in [6.45, 7) is 8.95. The van der Waals surface area contributed by atoms with E-state index in [2.05, 4.69) is 12.2 Å². The first-order valence-corrected chi connectivity index (χ1v) is 5.84. The van der Waals surface area contributed by atoms with Gasteiger partial charge in [-0.15, -0.1) is 0 Å². The van der Waals surface area contributed by atoms with Crippen molar-refractivity contribution < 1.29 is 4.79 Å². The molecule has 0 heterocycles. The molecule has 0 unspecified atom stereocenters. The number of nitrogens with one attached hydrogen (secondary N) is 1. The Morgan fingerprint density at radius 1 is 1.47 bits per heavy atom. The molecule has 0 aromatic heterocycles. The van der Waals surface area contributed by atoms with Gasteiger partial charge in [0.15, 0.2) is 0 Å². The molecule has 0 aromatic rings. The third-order valence-electron chi connectivity index (χ3n) is 3.56. The summed E-state index contributed by atoms with van der Waals surface area (Å²) in [5.41, 5.74) is 6.11. The SMILES string of the molecule is CCC1(CNC(=O)[C@@H](N)C(C)(C)C)CC1. The van der Waals surface area contributed by atoms with Gasteiger partial charge in [-0.1, -0.05) is 27.7 Å². The molecule has 1 saturated carbocycles. The Balaban J connectivity index is 2.36. The van der Waals surface area contributed by atoms with Crippen LogP contribution in [0.1, 0.15) is 47.0 Å². The van der Waals surface area contributed by atoms with Crippen LogP contribution < -0.4 is 11.1 Å². The van der Waals surface area contributed by atoms with Gasteiger partial charge < -0.3 is 11.1 Å². The molecule has 3 heteroatoms. The lowest BCUT2D eigenvalue weighted by Crippen LogP contribution is -2.49. The van der Waals surface area contributed by atoms with Crippen molar-refractivity contribution >= 4 is 5.91 Å². The molecular weight excluding hydrogens is 188 g/mol. The fourth-order valence-corrected chi connectivity index (χ4v) is 1.61. The molecule has 3 nitrogen and oxygen atoms in total. The van der Waals surface area contributed by atoms with Crippen molar-refractivity contribution in [1.29, 1.82) is 0 Å². The molecule has 1 atom stereocenters. The molecule has 0 bridgehead atoms. The highest BCUT2D eigenvalue weighted by Gasteiger charge is 2.41. The minimum atomic E-state index is -0.412. The highest BCUT2D eigenvalue weighted by atomic mass is 16.2. The van der Waals surface area contributed by atoms with Crippen LogP contribution in [-0.2, 0) is 4.79 Å². The lowest BCUT2D eigenvalue weighted by Gasteiger charge is -2.26. The third kappa shape index (κ3) is 3.20. The number of rotatable bonds is 4. The van der Waals surface area contributed by atoms with Gasteiger partial charge in [0.25, 0.3) is 0 Å². The van der Waals surface area contributed by atoms with Crippen molar-refractivity contribution in [2.24, 2.45) is 16.6 Å². The second-order valence-electron chi connectivity index (χ2n) is 5.92. The van der Waals surface area contributed by atoms with Gasteiger partial charge in [-0.25, -0.2) is 0 Å². The van der Waals surface area contributed by atoms with Crippen molar-refractivity contribution in [3.05, 3.63) is 0 Å². The summed E-state index contributed by atoms with van der Waals surface area (Å²) in [5.74, 6) is -0.0118. The van der Waals surface area contributed by atoms with E-state index in [9.17, 15) is 4.79 Å². The quantitative estimate of drug-likeness (QED) is 0.744. The summed E-state index contributed by atoms with van der Waals surface area (Å²) in [6.07, 6.45) is 3.64. The average Bonchev–Trinajstić information content (AvgIpc) is 2.92. The molecule has 1 rings (SSSR count). The van der Waals surface area contributed by atoms with Gasteiger partial charge in [0.05, 0.1) is 6.04 Å². The second-order valence-corrected chi connectivity index (χ2v) is 5.92. The van der Waals surface area contributed by atoms with E-state index in [1.165, 1.54) is 12.8 Å². The van der Waals surface area contributed by atoms with Crippen LogP contribution in [0.5, 0.6) is 0 Å². The van der Waals surface area contributed by atoms with Gasteiger partial charge >= 0.3 is 0 Å². The molecule has 15 heavy (non-hydrogen) atoms. The van der Waals surface area contributed by atoms with Crippen molar-refractivity contribution in [2.75, 3.05) is 6.54 Å². The van der Waals surface area contributed by atoms with E-state index in [0.29, 0.717) is 5.41 Å². The molecule has 0 aromatic carbocycles. The van der Waals surface area contributed by atoms with E-state index >= 15 is 0 Å². The molecule has 1 aliphatic carbocycles. The standard InChI is InChI=1S/C12H24N2O/c1-5-12(6-7-12)8-14-10(15)9(13)11(2,3)4/h9H,5-8,13H2,1-4H3,(H,14,15)/t9-/m1/s1. The molecule has 0 aliphatic heterocycles. The highest BCUT2D eigenvalue weighted by Crippen LogP contribution is 2.47. The Bertz CT molecular complexity index is 238. The molecular formula is C12H24N2O. The van der Waals surface area contributed by atoms with Crippen LogP contribution in [0.25, 0.3) is 0 Å². The Hall–Kier alpha value is -0.570. The number of hydrogen-bond acceptors (Lipinski definition) is 2. The number of carbonyl (C=O) groups excluding carboxylic acids is 1. The third-order valence-corrected chi connectivity index (χ3v) is 3.56. The van der Waals surface area contributed by atoms with Crippen LogP contribution in [0.15, 0.2) is 0 Å². The van der Waals surface area contributed by atoms with Gasteiger partial charge in [0, 0.05) is 6.54 Å². The first-order valence-electron chi connectivity index (χ1n) is 5.84. The maximum atomic E-state index is 11.7. The largest absolute Gasteiger partial charge is 0.354 e. The summed E-state index contributed by atoms with van der Waals surface area (Å²) in [6, 6.07) is -0.412. The van der Waals surface area contributed by atoms with Crippen LogP contribution in [0, 0.1) is 10.8 Å². The summed E-state index contributed by atoms with van der Waals surface area (Å²) in [5, 5.41) is 2.98. The van der Waals surface area contributed by atoms with Crippen molar-refractivity contribution in [3.8, 4) is 0 Å². The highest BCUT2D eigenvalue weighted by molar-refractivity contribution is 5.82. The smallest absolute Gasteiger partial charge is 0.237 e. The number of carbonyl (C=O) groups is 1. The predicted octanol–water partition coefficient (Wildman–Crippen LogP) is 1.67. The first kappa shape index (κ1) is 12.5. The van der Waals surface area contributed by atoms with E-state index in [1.54, 1.807) is 0 Å². The molecule has 3 N–H and O–H groups in total. The van der Waals surface area contributed by atoms with Crippen LogP contribution >= 0.6 is 0 Å². The topological polar surface area (TPSA) is 55.1 Å². The van der Waals surface area contributed by atoms with Crippen molar-refractivity contribution in [1.82, 2.24) is 5.32 Å². The van der Waals surface area contributed by atoms with E-state index in [-0.39, 0.29) is 11.3 Å². The van der Waals surface area contributed by atoms with E-state index in [4.69, 9.17) is 5.73 Å². The summed E-state index contributed by atoms with van der Waals surface area (Å²) >= 11 is 0. The molecule has 88 valence electrons. The van der Waals surface area contributed by atoms with Crippen LogP contribution in [-0.4, -0.2) is 18.5 Å². The van der Waals surface area contributed by atoms with Gasteiger partial charge in [-0.2, -0.15) is 0 Å². The summed E-state index contributed by atoms with van der Waals surface area (Å²) in [4.78, 5) is 11.7. The Labute approximate surface area is 92.8 Å². The van der Waals surface area contributed by atoms with Gasteiger partial charge in [-0.05, 0) is 30.1 Å². The fourth-order valence-electron chi connectivity index (χ4n) is 1.61. The first-order chi connectivity index (χ1) is 6.81. The number of hydrogen-bond donors (Lipinski definition) is 2. The minimum Gasteiger partial charge on any atom is -0.354 e. The zero-order chi connectivity index (χ0) is 11.7. The van der Waals surface area contributed by atoms with Crippen molar-refractivity contribution in [2.45, 2.75) is 53.0 Å². The Morgan fingerprint density at radius 3 is 2.33 bits per heavy atom. The second kappa shape index (κ2) is 4.12. The molecule has 1 amide bonds. The summed E-state index contributed by atoms with van der Waals surface area (Å²) in [7, 11) is 0. The normalized spacial score (nSPS) is 20.9. The van der Waals surface area contributed by atoms with E-state index < -0.39 is 6.04 Å². The monoisotopic (exact) mass is 212 g/mol. The maximum Gasteiger partial charge on any atom is 0.237 e. The maximum absolute atomic E-state index is 11.7. The van der Waals surface area contributed by atoms with Crippen LogP contribution in [0.3, 0.4) is 0 Å². The Morgan fingerprint density at radius 2 is 2.00 bits per heavy atom. The van der Waals surface area contributed by atoms with Crippen LogP contribution in [0.2, 0.25) is 0 Å². The predicted molar refractivity (Wildman–Crippen MR) is 62.4 cm³/mol. The lowest BCUT2D eigenvalue weighted by atomic mass is 9.87. The van der Waals surface area contributed by atoms with Gasteiger partial charge in [0.1, 0.15) is 0 Å². The Kier molecular flexibility index (Phi) is 3.44.